The zero-order valence-electron chi connectivity index (χ0n) is 16.8. The minimum absolute atomic E-state index is 0.0163. The number of halogens is 1. The van der Waals surface area contributed by atoms with Crippen LogP contribution in [0.2, 0.25) is 0 Å². The molecule has 1 aromatic carbocycles. The number of piperazine rings is 1. The third kappa shape index (κ3) is 4.64. The number of nitrogens with zero attached hydrogens (tertiary/aromatic N) is 3. The predicted molar refractivity (Wildman–Crippen MR) is 108 cm³/mol. The molecule has 1 aromatic rings. The largest absolute Gasteiger partial charge is 0.341 e. The fourth-order valence-corrected chi connectivity index (χ4v) is 6.48. The van der Waals surface area contributed by atoms with E-state index in [1.54, 1.807) is 0 Å². The van der Waals surface area contributed by atoms with Gasteiger partial charge in [-0.05, 0) is 42.9 Å². The molecule has 1 saturated carbocycles. The monoisotopic (exact) mass is 423 g/mol. The Bertz CT molecular complexity index is 839. The summed E-state index contributed by atoms with van der Waals surface area (Å²) in [5.41, 5.74) is 0. The van der Waals surface area contributed by atoms with Crippen LogP contribution in [0.3, 0.4) is 0 Å². The highest BCUT2D eigenvalue weighted by Gasteiger charge is 2.34. The van der Waals surface area contributed by atoms with E-state index < -0.39 is 15.8 Å². The number of hydrogen-bond donors (Lipinski definition) is 0. The van der Waals surface area contributed by atoms with E-state index in [0.29, 0.717) is 38.6 Å². The number of rotatable bonds is 4. The highest BCUT2D eigenvalue weighted by atomic mass is 32.2. The molecule has 4 rings (SSSR count). The number of carbonyl (C=O) groups excluding carboxylic acids is 1. The molecule has 0 aromatic heterocycles. The van der Waals surface area contributed by atoms with Gasteiger partial charge in [-0.2, -0.15) is 4.31 Å². The lowest BCUT2D eigenvalue weighted by Gasteiger charge is -2.42. The highest BCUT2D eigenvalue weighted by molar-refractivity contribution is 7.89. The average molecular weight is 424 g/mol. The first kappa shape index (κ1) is 20.8. The van der Waals surface area contributed by atoms with Gasteiger partial charge in [0.25, 0.3) is 0 Å². The maximum Gasteiger partial charge on any atom is 0.243 e. The van der Waals surface area contributed by atoms with E-state index in [1.165, 1.54) is 48.2 Å². The summed E-state index contributed by atoms with van der Waals surface area (Å²) in [6, 6.07) is 5.12. The van der Waals surface area contributed by atoms with Gasteiger partial charge in [0, 0.05) is 39.3 Å². The van der Waals surface area contributed by atoms with E-state index in [4.69, 9.17) is 0 Å². The molecule has 6 nitrogen and oxygen atoms in total. The van der Waals surface area contributed by atoms with Gasteiger partial charge in [0.2, 0.25) is 15.9 Å². The van der Waals surface area contributed by atoms with Crippen molar-refractivity contribution >= 4 is 15.9 Å². The molecule has 0 radical (unpaired) electrons. The Labute approximate surface area is 172 Å². The van der Waals surface area contributed by atoms with Crippen molar-refractivity contribution in [3.8, 4) is 0 Å². The third-order valence-corrected chi connectivity index (χ3v) is 8.66. The number of hydrogen-bond acceptors (Lipinski definition) is 4. The number of benzene rings is 1. The van der Waals surface area contributed by atoms with Crippen molar-refractivity contribution in [2.24, 2.45) is 11.8 Å². The number of fused-ring (bicyclic) bond motifs is 1. The molecule has 0 spiro atoms. The molecule has 0 unspecified atom stereocenters. The minimum Gasteiger partial charge on any atom is -0.341 e. The van der Waals surface area contributed by atoms with E-state index in [2.05, 4.69) is 0 Å². The number of piperidine rings is 1. The topological polar surface area (TPSA) is 60.9 Å². The highest BCUT2D eigenvalue weighted by Crippen LogP contribution is 2.36. The molecule has 0 N–H and O–H groups in total. The van der Waals surface area contributed by atoms with Gasteiger partial charge in [-0.25, -0.2) is 12.8 Å². The Morgan fingerprint density at radius 3 is 2.45 bits per heavy atom. The van der Waals surface area contributed by atoms with Crippen molar-refractivity contribution in [3.05, 3.63) is 30.1 Å². The second-order valence-electron chi connectivity index (χ2n) is 8.57. The van der Waals surface area contributed by atoms with Crippen molar-refractivity contribution in [2.75, 3.05) is 45.8 Å². The summed E-state index contributed by atoms with van der Waals surface area (Å²) in [7, 11) is -3.70. The fraction of sp³-hybridized carbons (Fsp3) is 0.667. The first-order valence-corrected chi connectivity index (χ1v) is 12.1. The Morgan fingerprint density at radius 1 is 1.00 bits per heavy atom. The Hall–Kier alpha value is -1.51. The first-order valence-electron chi connectivity index (χ1n) is 10.7. The normalized spacial score (nSPS) is 26.9. The fourth-order valence-electron chi connectivity index (χ4n) is 5.02. The molecule has 2 saturated heterocycles. The van der Waals surface area contributed by atoms with E-state index in [9.17, 15) is 17.6 Å². The third-order valence-electron chi connectivity index (χ3n) is 6.77. The summed E-state index contributed by atoms with van der Waals surface area (Å²) in [6.45, 7) is 3.75. The van der Waals surface area contributed by atoms with Crippen LogP contribution in [-0.2, 0) is 14.8 Å². The molecule has 3 aliphatic rings. The maximum atomic E-state index is 13.4. The number of carbonyl (C=O) groups is 1. The van der Waals surface area contributed by atoms with Crippen molar-refractivity contribution < 1.29 is 17.6 Å². The van der Waals surface area contributed by atoms with Crippen LogP contribution in [0.4, 0.5) is 4.39 Å². The minimum atomic E-state index is -3.70. The van der Waals surface area contributed by atoms with Crippen LogP contribution in [-0.4, -0.2) is 74.2 Å². The lowest BCUT2D eigenvalue weighted by Crippen LogP contribution is -2.53. The summed E-state index contributed by atoms with van der Waals surface area (Å²) in [4.78, 5) is 16.8. The Kier molecular flexibility index (Phi) is 6.22. The number of likely N-dealkylation sites (tertiary alicyclic amines) is 1. The molecule has 160 valence electrons. The second-order valence-corrected chi connectivity index (χ2v) is 10.5. The van der Waals surface area contributed by atoms with Crippen LogP contribution in [0.5, 0.6) is 0 Å². The molecule has 8 heteroatoms. The van der Waals surface area contributed by atoms with Gasteiger partial charge in [0.1, 0.15) is 5.82 Å². The van der Waals surface area contributed by atoms with Gasteiger partial charge in [-0.1, -0.05) is 25.3 Å². The molecule has 0 bridgehead atoms. The molecular formula is C21H30FN3O3S. The van der Waals surface area contributed by atoms with E-state index in [-0.39, 0.29) is 10.8 Å². The predicted octanol–water partition coefficient (Wildman–Crippen LogP) is 2.17. The van der Waals surface area contributed by atoms with Crippen molar-refractivity contribution in [1.29, 1.82) is 0 Å². The van der Waals surface area contributed by atoms with Crippen LogP contribution in [0.15, 0.2) is 29.2 Å². The molecule has 2 heterocycles. The van der Waals surface area contributed by atoms with Crippen LogP contribution in [0.1, 0.15) is 32.1 Å². The molecule has 1 aliphatic carbocycles. The molecule has 29 heavy (non-hydrogen) atoms. The average Bonchev–Trinajstić information content (AvgIpc) is 2.74. The molecule has 1 amide bonds. The van der Waals surface area contributed by atoms with Gasteiger partial charge in [-0.3, -0.25) is 9.69 Å². The van der Waals surface area contributed by atoms with Gasteiger partial charge in [0.05, 0.1) is 11.4 Å². The van der Waals surface area contributed by atoms with Crippen LogP contribution >= 0.6 is 0 Å². The molecule has 2 aliphatic heterocycles. The zero-order chi connectivity index (χ0) is 20.4. The summed E-state index contributed by atoms with van der Waals surface area (Å²) < 4.78 is 40.2. The lowest BCUT2D eigenvalue weighted by molar-refractivity contribution is -0.135. The summed E-state index contributed by atoms with van der Waals surface area (Å²) in [5, 5.41) is 0. The van der Waals surface area contributed by atoms with Crippen LogP contribution < -0.4 is 0 Å². The summed E-state index contributed by atoms with van der Waals surface area (Å²) in [6.07, 6.45) is 6.29. The van der Waals surface area contributed by atoms with E-state index in [1.807, 2.05) is 9.80 Å². The van der Waals surface area contributed by atoms with Crippen molar-refractivity contribution in [2.45, 2.75) is 37.0 Å². The van der Waals surface area contributed by atoms with Gasteiger partial charge in [-0.15, -0.1) is 0 Å². The zero-order valence-corrected chi connectivity index (χ0v) is 17.6. The van der Waals surface area contributed by atoms with Gasteiger partial charge in [0.15, 0.2) is 0 Å². The second kappa shape index (κ2) is 8.70. The smallest absolute Gasteiger partial charge is 0.243 e. The van der Waals surface area contributed by atoms with Crippen LogP contribution in [0, 0.1) is 17.7 Å². The van der Waals surface area contributed by atoms with Crippen molar-refractivity contribution in [1.82, 2.24) is 14.1 Å². The molecule has 2 atom stereocenters. The van der Waals surface area contributed by atoms with Gasteiger partial charge >= 0.3 is 0 Å². The van der Waals surface area contributed by atoms with Crippen LogP contribution in [0.25, 0.3) is 0 Å². The van der Waals surface area contributed by atoms with Crippen molar-refractivity contribution in [3.63, 3.8) is 0 Å². The first-order chi connectivity index (χ1) is 13.9. The summed E-state index contributed by atoms with van der Waals surface area (Å²) >= 11 is 0. The lowest BCUT2D eigenvalue weighted by atomic mass is 9.75. The quantitative estimate of drug-likeness (QED) is 0.745. The molecular weight excluding hydrogens is 393 g/mol. The Balaban J connectivity index is 1.29. The number of sulfonamides is 1. The standard InChI is InChI=1S/C21H30FN3O3S/c22-19-6-3-7-20(14-19)29(27,28)25-12-10-23(11-13-25)16-21(26)24-9-8-17-4-1-2-5-18(17)15-24/h3,6-7,14,17-18H,1-2,4-5,8-13,15-16H2/t17-,18-/m0/s1. The van der Waals surface area contributed by atoms with Gasteiger partial charge < -0.3 is 4.90 Å². The van der Waals surface area contributed by atoms with E-state index >= 15 is 0 Å². The van der Waals surface area contributed by atoms with E-state index in [0.717, 1.165) is 31.5 Å². The summed E-state index contributed by atoms with van der Waals surface area (Å²) in [5.74, 6) is 1.06. The number of amides is 1. The Morgan fingerprint density at radius 2 is 1.72 bits per heavy atom. The molecule has 3 fully saturated rings. The SMILES string of the molecule is O=C(CN1CCN(S(=O)(=O)c2cccc(F)c2)CC1)N1CC[C@@H]2CCCC[C@H]2C1. The maximum absolute atomic E-state index is 13.4.